The van der Waals surface area contributed by atoms with Gasteiger partial charge in [-0.2, -0.15) is 0 Å². The summed E-state index contributed by atoms with van der Waals surface area (Å²) in [6.45, 7) is 6.99. The lowest BCUT2D eigenvalue weighted by Crippen LogP contribution is -2.68. The Balaban J connectivity index is 1.48. The van der Waals surface area contributed by atoms with Crippen LogP contribution in [-0.2, 0) is 13.6 Å². The van der Waals surface area contributed by atoms with E-state index in [1.165, 1.54) is 12.0 Å². The minimum Gasteiger partial charge on any atom is -0.353 e. The summed E-state index contributed by atoms with van der Waals surface area (Å²) in [6, 6.07) is 4.89. The van der Waals surface area contributed by atoms with E-state index >= 15 is 0 Å². The highest BCUT2D eigenvalue weighted by molar-refractivity contribution is 5.49. The first-order valence-corrected chi connectivity index (χ1v) is 8.47. The van der Waals surface area contributed by atoms with Crippen LogP contribution in [0, 0.1) is 13.8 Å². The van der Waals surface area contributed by atoms with Crippen LogP contribution in [0.1, 0.15) is 23.2 Å². The maximum atomic E-state index is 11.8. The van der Waals surface area contributed by atoms with Crippen molar-refractivity contribution in [2.75, 3.05) is 18.0 Å². The summed E-state index contributed by atoms with van der Waals surface area (Å²) in [5, 5.41) is 0. The van der Waals surface area contributed by atoms with Gasteiger partial charge in [-0.25, -0.2) is 9.97 Å². The molecular formula is C18H23N5O. The second kappa shape index (κ2) is 5.70. The number of piperazine rings is 1. The highest BCUT2D eigenvalue weighted by atomic mass is 16.1. The topological polar surface area (TPSA) is 54.3 Å². The molecular weight excluding hydrogens is 302 g/mol. The van der Waals surface area contributed by atoms with Crippen LogP contribution >= 0.6 is 0 Å². The maximum absolute atomic E-state index is 11.8. The van der Waals surface area contributed by atoms with Gasteiger partial charge >= 0.3 is 0 Å². The molecule has 3 fully saturated rings. The molecule has 2 atom stereocenters. The molecule has 0 aromatic carbocycles. The van der Waals surface area contributed by atoms with Crippen LogP contribution < -0.4 is 10.5 Å². The van der Waals surface area contributed by atoms with E-state index in [1.54, 1.807) is 24.0 Å². The average molecular weight is 325 g/mol. The van der Waals surface area contributed by atoms with Crippen LogP contribution in [-0.4, -0.2) is 44.6 Å². The number of aryl methyl sites for hydroxylation is 2. The Bertz CT molecular complexity index is 818. The number of rotatable bonds is 3. The lowest BCUT2D eigenvalue weighted by atomic mass is 9.86. The summed E-state index contributed by atoms with van der Waals surface area (Å²) in [5.74, 6) is 1.07. The van der Waals surface area contributed by atoms with E-state index in [4.69, 9.17) is 0 Å². The second-order valence-corrected chi connectivity index (χ2v) is 7.01. The van der Waals surface area contributed by atoms with Crippen LogP contribution in [0.2, 0.25) is 0 Å². The fraction of sp³-hybridized carbons (Fsp3) is 0.500. The van der Waals surface area contributed by atoms with Gasteiger partial charge in [0, 0.05) is 62.3 Å². The molecule has 3 saturated heterocycles. The van der Waals surface area contributed by atoms with Crippen molar-refractivity contribution in [3.8, 4) is 0 Å². The molecule has 0 aliphatic carbocycles. The molecule has 0 saturated carbocycles. The van der Waals surface area contributed by atoms with Gasteiger partial charge in [0.05, 0.1) is 0 Å². The summed E-state index contributed by atoms with van der Waals surface area (Å²) in [7, 11) is 1.79. The monoisotopic (exact) mass is 325 g/mol. The van der Waals surface area contributed by atoms with E-state index in [1.807, 2.05) is 19.2 Å². The second-order valence-electron chi connectivity index (χ2n) is 7.01. The first-order valence-electron chi connectivity index (χ1n) is 8.47. The third kappa shape index (κ3) is 2.51. The molecule has 0 N–H and O–H groups in total. The Morgan fingerprint density at radius 1 is 1.21 bits per heavy atom. The summed E-state index contributed by atoms with van der Waals surface area (Å²) >= 11 is 0. The number of aromatic nitrogens is 3. The van der Waals surface area contributed by atoms with Crippen molar-refractivity contribution < 1.29 is 0 Å². The standard InChI is InChI=1S/C18H23N5O/c1-12-13(2)19-11-20-18(12)22-9-15-7-16(10-22)23(15)8-14-4-5-21(3)17(24)6-14/h4-6,11,15-16H,7-10H2,1-3H3. The number of anilines is 1. The zero-order valence-corrected chi connectivity index (χ0v) is 14.4. The number of fused-ring (bicyclic) bond motifs is 2. The molecule has 2 bridgehead atoms. The van der Waals surface area contributed by atoms with Gasteiger partial charge in [-0.3, -0.25) is 9.69 Å². The van der Waals surface area contributed by atoms with Crippen LogP contribution in [0.5, 0.6) is 0 Å². The third-order valence-corrected chi connectivity index (χ3v) is 5.49. The molecule has 0 amide bonds. The Labute approximate surface area is 141 Å². The number of piperidine rings is 1. The molecule has 2 aromatic heterocycles. The zero-order chi connectivity index (χ0) is 16.8. The molecule has 2 unspecified atom stereocenters. The van der Waals surface area contributed by atoms with Gasteiger partial charge in [0.25, 0.3) is 5.56 Å². The summed E-state index contributed by atoms with van der Waals surface area (Å²) in [6.07, 6.45) is 4.76. The van der Waals surface area contributed by atoms with E-state index in [0.29, 0.717) is 12.1 Å². The predicted octanol–water partition coefficient (Wildman–Crippen LogP) is 1.26. The third-order valence-electron chi connectivity index (χ3n) is 5.49. The van der Waals surface area contributed by atoms with Crippen LogP contribution in [0.3, 0.4) is 0 Å². The fourth-order valence-corrected chi connectivity index (χ4v) is 3.86. The lowest BCUT2D eigenvalue weighted by molar-refractivity contribution is -0.00878. The number of pyridine rings is 1. The molecule has 24 heavy (non-hydrogen) atoms. The molecule has 5 rings (SSSR count). The van der Waals surface area contributed by atoms with Gasteiger partial charge in [0.2, 0.25) is 0 Å². The SMILES string of the molecule is Cc1ncnc(N2CC3CC(C2)N3Cc2ccn(C)c(=O)c2)c1C. The Morgan fingerprint density at radius 2 is 1.96 bits per heavy atom. The van der Waals surface area contributed by atoms with Crippen molar-refractivity contribution in [3.63, 3.8) is 0 Å². The van der Waals surface area contributed by atoms with E-state index in [0.717, 1.165) is 36.7 Å². The van der Waals surface area contributed by atoms with Gasteiger partial charge in [-0.05, 0) is 31.9 Å². The van der Waals surface area contributed by atoms with E-state index in [-0.39, 0.29) is 5.56 Å². The molecule has 5 heterocycles. The van der Waals surface area contributed by atoms with E-state index in [9.17, 15) is 4.79 Å². The van der Waals surface area contributed by atoms with Crippen molar-refractivity contribution in [3.05, 3.63) is 51.8 Å². The van der Waals surface area contributed by atoms with Gasteiger partial charge in [-0.15, -0.1) is 0 Å². The van der Waals surface area contributed by atoms with Gasteiger partial charge in [-0.1, -0.05) is 0 Å². The highest BCUT2D eigenvalue weighted by Gasteiger charge is 2.44. The van der Waals surface area contributed by atoms with Crippen LogP contribution in [0.15, 0.2) is 29.5 Å². The van der Waals surface area contributed by atoms with E-state index < -0.39 is 0 Å². The molecule has 2 aromatic rings. The van der Waals surface area contributed by atoms with Crippen molar-refractivity contribution in [1.82, 2.24) is 19.4 Å². The van der Waals surface area contributed by atoms with Gasteiger partial charge < -0.3 is 9.47 Å². The zero-order valence-electron chi connectivity index (χ0n) is 14.4. The molecule has 0 spiro atoms. The Kier molecular flexibility index (Phi) is 3.64. The normalized spacial score (nSPS) is 23.2. The van der Waals surface area contributed by atoms with Crippen LogP contribution in [0.25, 0.3) is 0 Å². The highest BCUT2D eigenvalue weighted by Crippen LogP contribution is 2.36. The summed E-state index contributed by atoms with van der Waals surface area (Å²) in [5.41, 5.74) is 3.40. The van der Waals surface area contributed by atoms with Crippen molar-refractivity contribution in [2.24, 2.45) is 7.05 Å². The Hall–Kier alpha value is -2.21. The number of nitrogens with zero attached hydrogens (tertiary/aromatic N) is 5. The van der Waals surface area contributed by atoms with Crippen molar-refractivity contribution in [2.45, 2.75) is 38.9 Å². The molecule has 6 nitrogen and oxygen atoms in total. The molecule has 6 heteroatoms. The lowest BCUT2D eigenvalue weighted by Gasteiger charge is -2.57. The summed E-state index contributed by atoms with van der Waals surface area (Å²) < 4.78 is 1.61. The largest absolute Gasteiger partial charge is 0.353 e. The molecule has 126 valence electrons. The smallest absolute Gasteiger partial charge is 0.250 e. The molecule has 3 aliphatic heterocycles. The van der Waals surface area contributed by atoms with Crippen LogP contribution in [0.4, 0.5) is 5.82 Å². The fourth-order valence-electron chi connectivity index (χ4n) is 3.86. The minimum absolute atomic E-state index is 0.0619. The van der Waals surface area contributed by atoms with Crippen molar-refractivity contribution in [1.29, 1.82) is 0 Å². The predicted molar refractivity (Wildman–Crippen MR) is 93.1 cm³/mol. The minimum atomic E-state index is 0.0619. The Morgan fingerprint density at radius 3 is 2.67 bits per heavy atom. The first-order chi connectivity index (χ1) is 11.5. The van der Waals surface area contributed by atoms with Gasteiger partial charge in [0.1, 0.15) is 12.1 Å². The quantitative estimate of drug-likeness (QED) is 0.850. The first kappa shape index (κ1) is 15.3. The number of hydrogen-bond donors (Lipinski definition) is 0. The molecule has 3 aliphatic rings. The average Bonchev–Trinajstić information content (AvgIpc) is 2.58. The van der Waals surface area contributed by atoms with E-state index in [2.05, 4.69) is 26.7 Å². The maximum Gasteiger partial charge on any atom is 0.250 e. The van der Waals surface area contributed by atoms with Gasteiger partial charge in [0.15, 0.2) is 0 Å². The van der Waals surface area contributed by atoms with Crippen molar-refractivity contribution >= 4 is 5.82 Å². The summed E-state index contributed by atoms with van der Waals surface area (Å²) in [4.78, 5) is 25.5. The molecule has 0 radical (unpaired) electrons. The number of hydrogen-bond acceptors (Lipinski definition) is 5.